The Bertz CT molecular complexity index is 1110. The lowest BCUT2D eigenvalue weighted by Gasteiger charge is -2.03. The molecule has 0 amide bonds. The summed E-state index contributed by atoms with van der Waals surface area (Å²) in [6.45, 7) is 0. The first-order chi connectivity index (χ1) is 13.8. The predicted molar refractivity (Wildman–Crippen MR) is 112 cm³/mol. The number of hydrazone groups is 1. The first-order valence-electron chi connectivity index (χ1n) is 8.84. The quantitative estimate of drug-likeness (QED) is 0.204. The van der Waals surface area contributed by atoms with Gasteiger partial charge in [-0.15, -0.1) is 10.2 Å². The van der Waals surface area contributed by atoms with Crippen LogP contribution in [0.3, 0.4) is 0 Å². The Balaban J connectivity index is 1.69. The molecule has 0 saturated carbocycles. The standard InChI is InChI=1S/C22H19N5O/c1-28-18-13-11-17(12-14-18)25-27-22(26-24-16-7-3-2-4-8-16)20-15-23-21-10-6-5-9-19(20)21/h2-15,23-24H,1H3/b26-22-,27-25?. The number of para-hydroxylation sites is 2. The lowest BCUT2D eigenvalue weighted by molar-refractivity contribution is 0.415. The van der Waals surface area contributed by atoms with E-state index >= 15 is 0 Å². The zero-order chi connectivity index (χ0) is 19.2. The molecule has 0 aliphatic carbocycles. The number of nitrogens with zero attached hydrogens (tertiary/aromatic N) is 3. The molecule has 0 atom stereocenters. The van der Waals surface area contributed by atoms with Crippen molar-refractivity contribution in [3.05, 3.63) is 90.6 Å². The fourth-order valence-corrected chi connectivity index (χ4v) is 2.78. The van der Waals surface area contributed by atoms with E-state index in [1.807, 2.05) is 85.1 Å². The molecule has 0 aliphatic heterocycles. The fourth-order valence-electron chi connectivity index (χ4n) is 2.78. The van der Waals surface area contributed by atoms with Crippen LogP contribution in [0.5, 0.6) is 5.75 Å². The number of H-pyrrole nitrogens is 1. The Morgan fingerprint density at radius 3 is 2.43 bits per heavy atom. The Labute approximate surface area is 162 Å². The van der Waals surface area contributed by atoms with Crippen LogP contribution in [0.4, 0.5) is 11.4 Å². The minimum Gasteiger partial charge on any atom is -0.497 e. The van der Waals surface area contributed by atoms with Crippen LogP contribution in [0.2, 0.25) is 0 Å². The van der Waals surface area contributed by atoms with Crippen LogP contribution < -0.4 is 10.2 Å². The second-order valence-corrected chi connectivity index (χ2v) is 6.06. The average molecular weight is 369 g/mol. The number of aromatic nitrogens is 1. The largest absolute Gasteiger partial charge is 0.497 e. The van der Waals surface area contributed by atoms with Crippen LogP contribution in [0.1, 0.15) is 5.56 Å². The van der Waals surface area contributed by atoms with E-state index in [1.165, 1.54) is 0 Å². The molecule has 6 nitrogen and oxygen atoms in total. The number of hydrogen-bond acceptors (Lipinski definition) is 4. The fraction of sp³-hybridized carbons (Fsp3) is 0.0455. The van der Waals surface area contributed by atoms with Crippen molar-refractivity contribution in [2.45, 2.75) is 0 Å². The van der Waals surface area contributed by atoms with E-state index in [2.05, 4.69) is 25.7 Å². The Morgan fingerprint density at radius 2 is 1.64 bits per heavy atom. The van der Waals surface area contributed by atoms with Gasteiger partial charge in [-0.1, -0.05) is 36.4 Å². The third kappa shape index (κ3) is 3.91. The molecule has 138 valence electrons. The van der Waals surface area contributed by atoms with E-state index in [-0.39, 0.29) is 0 Å². The molecule has 1 heterocycles. The molecule has 0 radical (unpaired) electrons. The molecule has 0 saturated heterocycles. The van der Waals surface area contributed by atoms with Gasteiger partial charge in [0, 0.05) is 22.7 Å². The number of fused-ring (bicyclic) bond motifs is 1. The van der Waals surface area contributed by atoms with Gasteiger partial charge in [-0.25, -0.2) is 0 Å². The molecule has 0 unspecified atom stereocenters. The van der Waals surface area contributed by atoms with Gasteiger partial charge in [0.05, 0.1) is 18.5 Å². The first-order valence-corrected chi connectivity index (χ1v) is 8.84. The monoisotopic (exact) mass is 369 g/mol. The van der Waals surface area contributed by atoms with E-state index in [0.717, 1.165) is 27.9 Å². The number of rotatable bonds is 5. The SMILES string of the molecule is COc1ccc(N=N/C(=N\Nc2ccccc2)c2c[nH]c3ccccc23)cc1. The lowest BCUT2D eigenvalue weighted by Crippen LogP contribution is -2.00. The zero-order valence-electron chi connectivity index (χ0n) is 15.3. The van der Waals surface area contributed by atoms with E-state index < -0.39 is 0 Å². The van der Waals surface area contributed by atoms with Gasteiger partial charge in [0.2, 0.25) is 5.84 Å². The first kappa shape index (κ1) is 17.5. The number of aromatic amines is 1. The minimum absolute atomic E-state index is 0.483. The molecule has 6 heteroatoms. The second kappa shape index (κ2) is 8.18. The molecule has 28 heavy (non-hydrogen) atoms. The summed E-state index contributed by atoms with van der Waals surface area (Å²) < 4.78 is 5.18. The molecule has 0 fully saturated rings. The highest BCUT2D eigenvalue weighted by molar-refractivity contribution is 6.10. The van der Waals surface area contributed by atoms with Crippen LogP contribution in [0.15, 0.2) is 100 Å². The third-order valence-electron chi connectivity index (χ3n) is 4.23. The topological polar surface area (TPSA) is 74.1 Å². The van der Waals surface area contributed by atoms with Crippen LogP contribution in [0, 0.1) is 0 Å². The average Bonchev–Trinajstić information content (AvgIpc) is 3.19. The molecule has 1 aromatic heterocycles. The van der Waals surface area contributed by atoms with E-state index in [4.69, 9.17) is 4.74 Å². The summed E-state index contributed by atoms with van der Waals surface area (Å²) in [6.07, 6.45) is 1.89. The lowest BCUT2D eigenvalue weighted by atomic mass is 10.1. The van der Waals surface area contributed by atoms with Crippen LogP contribution >= 0.6 is 0 Å². The maximum absolute atomic E-state index is 5.18. The van der Waals surface area contributed by atoms with Gasteiger partial charge in [-0.05, 0) is 42.5 Å². The summed E-state index contributed by atoms with van der Waals surface area (Å²) in [6, 6.07) is 25.1. The second-order valence-electron chi connectivity index (χ2n) is 6.06. The van der Waals surface area contributed by atoms with E-state index in [1.54, 1.807) is 7.11 Å². The van der Waals surface area contributed by atoms with Gasteiger partial charge in [-0.3, -0.25) is 5.43 Å². The number of methoxy groups -OCH3 is 1. The van der Waals surface area contributed by atoms with Gasteiger partial charge in [-0.2, -0.15) is 5.10 Å². The van der Waals surface area contributed by atoms with Crippen molar-refractivity contribution in [3.8, 4) is 5.75 Å². The highest BCUT2D eigenvalue weighted by Gasteiger charge is 2.10. The summed E-state index contributed by atoms with van der Waals surface area (Å²) in [4.78, 5) is 3.25. The summed E-state index contributed by atoms with van der Waals surface area (Å²) in [5.74, 6) is 1.26. The van der Waals surface area contributed by atoms with Crippen molar-refractivity contribution in [3.63, 3.8) is 0 Å². The van der Waals surface area contributed by atoms with Gasteiger partial charge in [0.15, 0.2) is 0 Å². The number of ether oxygens (including phenoxy) is 1. The number of hydrogen-bond donors (Lipinski definition) is 2. The molecule has 0 bridgehead atoms. The number of azo groups is 1. The van der Waals surface area contributed by atoms with Crippen molar-refractivity contribution in [2.24, 2.45) is 15.3 Å². The molecule has 0 spiro atoms. The normalized spacial score (nSPS) is 11.8. The Hall–Kier alpha value is -3.93. The van der Waals surface area contributed by atoms with Gasteiger partial charge in [0.1, 0.15) is 5.75 Å². The van der Waals surface area contributed by atoms with Crippen LogP contribution in [-0.4, -0.2) is 17.9 Å². The molecular weight excluding hydrogens is 350 g/mol. The van der Waals surface area contributed by atoms with Crippen molar-refractivity contribution in [1.82, 2.24) is 4.98 Å². The molecule has 4 aromatic rings. The maximum atomic E-state index is 5.18. The van der Waals surface area contributed by atoms with Gasteiger partial charge < -0.3 is 9.72 Å². The third-order valence-corrected chi connectivity index (χ3v) is 4.23. The van der Waals surface area contributed by atoms with Gasteiger partial charge >= 0.3 is 0 Å². The molecule has 4 rings (SSSR count). The maximum Gasteiger partial charge on any atom is 0.203 e. The molecular formula is C22H19N5O. The number of nitrogens with one attached hydrogen (secondary N) is 2. The zero-order valence-corrected chi connectivity index (χ0v) is 15.3. The Morgan fingerprint density at radius 1 is 0.893 bits per heavy atom. The van der Waals surface area contributed by atoms with Crippen molar-refractivity contribution >= 4 is 28.1 Å². The highest BCUT2D eigenvalue weighted by atomic mass is 16.5. The molecule has 3 aromatic carbocycles. The van der Waals surface area contributed by atoms with Crippen molar-refractivity contribution in [2.75, 3.05) is 12.5 Å². The summed E-state index contributed by atoms with van der Waals surface area (Å²) >= 11 is 0. The van der Waals surface area contributed by atoms with Crippen molar-refractivity contribution < 1.29 is 4.74 Å². The Kier molecular flexibility index (Phi) is 5.11. The van der Waals surface area contributed by atoms with Crippen LogP contribution in [0.25, 0.3) is 10.9 Å². The number of anilines is 1. The number of benzene rings is 3. The summed E-state index contributed by atoms with van der Waals surface area (Å²) in [5, 5.41) is 14.3. The minimum atomic E-state index is 0.483. The van der Waals surface area contributed by atoms with Gasteiger partial charge in [0.25, 0.3) is 0 Å². The van der Waals surface area contributed by atoms with Crippen LogP contribution in [-0.2, 0) is 0 Å². The molecule has 0 aliphatic rings. The molecule has 2 N–H and O–H groups in total. The van der Waals surface area contributed by atoms with E-state index in [0.29, 0.717) is 11.5 Å². The predicted octanol–water partition coefficient (Wildman–Crippen LogP) is 5.73. The highest BCUT2D eigenvalue weighted by Crippen LogP contribution is 2.22. The smallest absolute Gasteiger partial charge is 0.203 e. The summed E-state index contributed by atoms with van der Waals surface area (Å²) in [7, 11) is 1.63. The van der Waals surface area contributed by atoms with Crippen molar-refractivity contribution in [1.29, 1.82) is 0 Å². The van der Waals surface area contributed by atoms with E-state index in [9.17, 15) is 0 Å². The summed E-state index contributed by atoms with van der Waals surface area (Å²) in [5.41, 5.74) is 6.53. The number of amidine groups is 1.